The van der Waals surface area contributed by atoms with Crippen molar-refractivity contribution >= 4 is 34.4 Å². The van der Waals surface area contributed by atoms with E-state index in [0.717, 1.165) is 35.1 Å². The molecule has 8 heteroatoms. The average molecular weight is 478 g/mol. The topological polar surface area (TPSA) is 115 Å². The van der Waals surface area contributed by atoms with E-state index in [0.29, 0.717) is 48.3 Å². The molecule has 1 aliphatic rings. The molecule has 0 aliphatic heterocycles. The molecule has 3 aromatic rings. The van der Waals surface area contributed by atoms with Crippen molar-refractivity contribution in [2.45, 2.75) is 32.1 Å². The molecular formula is C27H27NO7. The van der Waals surface area contributed by atoms with Crippen LogP contribution in [0.1, 0.15) is 57.7 Å². The number of carbonyl (C=O) groups excluding carboxylic acids is 2. The van der Waals surface area contributed by atoms with Gasteiger partial charge in [0.1, 0.15) is 5.75 Å². The zero-order valence-electron chi connectivity index (χ0n) is 19.7. The number of rotatable bonds is 9. The van der Waals surface area contributed by atoms with E-state index in [2.05, 4.69) is 4.98 Å². The lowest BCUT2D eigenvalue weighted by Gasteiger charge is -2.10. The van der Waals surface area contributed by atoms with Crippen molar-refractivity contribution in [3.05, 3.63) is 70.4 Å². The molecule has 182 valence electrons. The number of hydrogen-bond donors (Lipinski definition) is 2. The van der Waals surface area contributed by atoms with Gasteiger partial charge in [0.05, 0.1) is 32.0 Å². The molecule has 0 bridgehead atoms. The summed E-state index contributed by atoms with van der Waals surface area (Å²) in [6.07, 6.45) is 3.55. The number of aromatic nitrogens is 1. The maximum Gasteiger partial charge on any atom is 0.337 e. The lowest BCUT2D eigenvalue weighted by molar-refractivity contribution is -0.136. The summed E-state index contributed by atoms with van der Waals surface area (Å²) in [5, 5.41) is 10.3. The number of aromatic amines is 1. The quantitative estimate of drug-likeness (QED) is 0.337. The molecule has 0 saturated heterocycles. The number of allylic oxidation sites excluding steroid dienone is 1. The molecule has 1 aliphatic carbocycles. The van der Waals surface area contributed by atoms with E-state index >= 15 is 0 Å². The molecule has 2 aromatic carbocycles. The zero-order valence-corrected chi connectivity index (χ0v) is 19.7. The third-order valence-electron chi connectivity index (χ3n) is 6.17. The fraction of sp³-hybridized carbons (Fsp3) is 0.296. The Kier molecular flexibility index (Phi) is 7.19. The summed E-state index contributed by atoms with van der Waals surface area (Å²) >= 11 is 0. The molecule has 0 atom stereocenters. The maximum absolute atomic E-state index is 12.4. The van der Waals surface area contributed by atoms with Crippen molar-refractivity contribution in [3.63, 3.8) is 0 Å². The van der Waals surface area contributed by atoms with E-state index in [9.17, 15) is 19.5 Å². The van der Waals surface area contributed by atoms with Gasteiger partial charge in [-0.25, -0.2) is 14.4 Å². The highest BCUT2D eigenvalue weighted by Gasteiger charge is 2.27. The van der Waals surface area contributed by atoms with Gasteiger partial charge in [-0.05, 0) is 68.0 Å². The van der Waals surface area contributed by atoms with E-state index in [1.807, 2.05) is 0 Å². The summed E-state index contributed by atoms with van der Waals surface area (Å²) in [7, 11) is 2.71. The Morgan fingerprint density at radius 1 is 0.971 bits per heavy atom. The van der Waals surface area contributed by atoms with E-state index in [4.69, 9.17) is 14.2 Å². The molecule has 4 rings (SSSR count). The van der Waals surface area contributed by atoms with Gasteiger partial charge < -0.3 is 24.3 Å². The Hall–Kier alpha value is -4.07. The van der Waals surface area contributed by atoms with E-state index < -0.39 is 11.9 Å². The number of nitrogens with one attached hydrogen (secondary N) is 1. The largest absolute Gasteiger partial charge is 0.494 e. The van der Waals surface area contributed by atoms with Gasteiger partial charge in [-0.3, -0.25) is 0 Å². The van der Waals surface area contributed by atoms with Crippen molar-refractivity contribution in [2.75, 3.05) is 20.8 Å². The average Bonchev–Trinajstić information content (AvgIpc) is 3.49. The monoisotopic (exact) mass is 477 g/mol. The highest BCUT2D eigenvalue weighted by atomic mass is 16.5. The van der Waals surface area contributed by atoms with Gasteiger partial charge in [0.2, 0.25) is 0 Å². The third-order valence-corrected chi connectivity index (χ3v) is 6.17. The van der Waals surface area contributed by atoms with Crippen molar-refractivity contribution in [1.82, 2.24) is 4.98 Å². The maximum atomic E-state index is 12.4. The van der Waals surface area contributed by atoms with Gasteiger partial charge in [-0.2, -0.15) is 0 Å². The first-order valence-corrected chi connectivity index (χ1v) is 11.4. The molecule has 0 unspecified atom stereocenters. The Morgan fingerprint density at radius 2 is 1.77 bits per heavy atom. The molecule has 35 heavy (non-hydrogen) atoms. The lowest BCUT2D eigenvalue weighted by Crippen LogP contribution is -2.06. The molecule has 0 fully saturated rings. The van der Waals surface area contributed by atoms with E-state index in [1.165, 1.54) is 14.2 Å². The second-order valence-corrected chi connectivity index (χ2v) is 8.32. The SMILES string of the molecule is COC(=O)C1=C(c2c(CCCOc3cccc(C(=O)OC)c3)[nH]c3cc(C(=O)O)ccc23)CCC1. The summed E-state index contributed by atoms with van der Waals surface area (Å²) in [5.41, 5.74) is 4.82. The van der Waals surface area contributed by atoms with Gasteiger partial charge in [0, 0.05) is 27.7 Å². The van der Waals surface area contributed by atoms with Crippen LogP contribution in [-0.4, -0.2) is 48.8 Å². The van der Waals surface area contributed by atoms with E-state index in [-0.39, 0.29) is 11.5 Å². The summed E-state index contributed by atoms with van der Waals surface area (Å²) in [4.78, 5) is 39.0. The fourth-order valence-electron chi connectivity index (χ4n) is 4.56. The first-order valence-electron chi connectivity index (χ1n) is 11.4. The molecule has 0 spiro atoms. The smallest absolute Gasteiger partial charge is 0.337 e. The van der Waals surface area contributed by atoms with Crippen LogP contribution in [0.2, 0.25) is 0 Å². The minimum Gasteiger partial charge on any atom is -0.494 e. The predicted molar refractivity (Wildman–Crippen MR) is 130 cm³/mol. The van der Waals surface area contributed by atoms with Gasteiger partial charge in [-0.1, -0.05) is 12.1 Å². The predicted octanol–water partition coefficient (Wildman–Crippen LogP) is 4.77. The van der Waals surface area contributed by atoms with Crippen LogP contribution >= 0.6 is 0 Å². The summed E-state index contributed by atoms with van der Waals surface area (Å²) in [5.74, 6) is -1.18. The fourth-order valence-corrected chi connectivity index (χ4v) is 4.56. The number of carboxylic acid groups (broad SMARTS) is 1. The van der Waals surface area contributed by atoms with E-state index in [1.54, 1.807) is 42.5 Å². The lowest BCUT2D eigenvalue weighted by atomic mass is 9.96. The number of ether oxygens (including phenoxy) is 3. The number of carbonyl (C=O) groups is 3. The number of methoxy groups -OCH3 is 2. The minimum atomic E-state index is -0.998. The Balaban J connectivity index is 1.59. The summed E-state index contributed by atoms with van der Waals surface area (Å²) in [6, 6.07) is 11.8. The molecule has 2 N–H and O–H groups in total. The van der Waals surface area contributed by atoms with Gasteiger partial charge >= 0.3 is 17.9 Å². The van der Waals surface area contributed by atoms with Crippen LogP contribution in [0.4, 0.5) is 0 Å². The number of carboxylic acids is 1. The van der Waals surface area contributed by atoms with Crippen molar-refractivity contribution in [1.29, 1.82) is 0 Å². The van der Waals surface area contributed by atoms with Gasteiger partial charge in [-0.15, -0.1) is 0 Å². The highest BCUT2D eigenvalue weighted by molar-refractivity contribution is 6.05. The van der Waals surface area contributed by atoms with Crippen molar-refractivity contribution in [3.8, 4) is 5.75 Å². The number of benzene rings is 2. The Bertz CT molecular complexity index is 1320. The number of H-pyrrole nitrogens is 1. The first kappa shape index (κ1) is 24.1. The van der Waals surface area contributed by atoms with Crippen LogP contribution in [0.5, 0.6) is 5.75 Å². The number of aromatic carboxylic acids is 1. The Labute approximate surface area is 202 Å². The normalized spacial score (nSPS) is 13.2. The highest BCUT2D eigenvalue weighted by Crippen LogP contribution is 2.40. The number of hydrogen-bond acceptors (Lipinski definition) is 6. The molecule has 0 saturated carbocycles. The molecule has 0 amide bonds. The summed E-state index contributed by atoms with van der Waals surface area (Å²) in [6.45, 7) is 0.405. The first-order chi connectivity index (χ1) is 16.9. The number of fused-ring (bicyclic) bond motifs is 1. The van der Waals surface area contributed by atoms with Crippen LogP contribution in [0.25, 0.3) is 16.5 Å². The third kappa shape index (κ3) is 5.06. The second kappa shape index (κ2) is 10.5. The molecular weight excluding hydrogens is 450 g/mol. The van der Waals surface area contributed by atoms with Crippen molar-refractivity contribution < 1.29 is 33.7 Å². The van der Waals surface area contributed by atoms with Crippen LogP contribution in [-0.2, 0) is 20.7 Å². The van der Waals surface area contributed by atoms with Gasteiger partial charge in [0.15, 0.2) is 0 Å². The van der Waals surface area contributed by atoms with Crippen LogP contribution in [0, 0.1) is 0 Å². The van der Waals surface area contributed by atoms with Gasteiger partial charge in [0.25, 0.3) is 0 Å². The Morgan fingerprint density at radius 3 is 2.51 bits per heavy atom. The number of esters is 2. The van der Waals surface area contributed by atoms with Crippen LogP contribution < -0.4 is 4.74 Å². The number of aryl methyl sites for hydroxylation is 1. The molecule has 8 nitrogen and oxygen atoms in total. The molecule has 1 heterocycles. The minimum absolute atomic E-state index is 0.194. The standard InChI is InChI=1S/C27H27NO7/c1-33-26(31)17-6-3-7-18(14-17)35-13-5-10-22-24(19-8-4-9-20(19)27(32)34-2)21-12-11-16(25(29)30)15-23(21)28-22/h3,6-7,11-12,14-15,28H,4-5,8-10,13H2,1-2H3,(H,29,30). The van der Waals surface area contributed by atoms with Crippen molar-refractivity contribution in [2.24, 2.45) is 0 Å². The zero-order chi connectivity index (χ0) is 24.9. The van der Waals surface area contributed by atoms with Crippen LogP contribution in [0.3, 0.4) is 0 Å². The summed E-state index contributed by atoms with van der Waals surface area (Å²) < 4.78 is 15.6. The second-order valence-electron chi connectivity index (χ2n) is 8.32. The van der Waals surface area contributed by atoms with Crippen LogP contribution in [0.15, 0.2) is 48.0 Å². The molecule has 0 radical (unpaired) electrons. The molecule has 1 aromatic heterocycles.